The molecule has 0 radical (unpaired) electrons. The molecule has 3 nitrogen and oxygen atoms in total. The number of aromatic nitrogens is 1. The van der Waals surface area contributed by atoms with Gasteiger partial charge in [0.15, 0.2) is 5.43 Å². The maximum atomic E-state index is 13.4. The van der Waals surface area contributed by atoms with Gasteiger partial charge in [0.05, 0.1) is 0 Å². The highest BCUT2D eigenvalue weighted by atomic mass is 16.1. The Bertz CT molecular complexity index is 941. The van der Waals surface area contributed by atoms with Crippen LogP contribution >= 0.6 is 0 Å². The normalized spacial score (nSPS) is 26.8. The number of nitrogens with zero attached hydrogens (tertiary/aromatic N) is 1. The Morgan fingerprint density at radius 2 is 2.00 bits per heavy atom. The van der Waals surface area contributed by atoms with Gasteiger partial charge in [-0.1, -0.05) is 40.2 Å². The zero-order valence-electron chi connectivity index (χ0n) is 18.3. The van der Waals surface area contributed by atoms with Gasteiger partial charge in [-0.15, -0.1) is 0 Å². The number of hydrogen-bond donors (Lipinski definition) is 1. The molecule has 1 N–H and O–H groups in total. The lowest BCUT2D eigenvalue weighted by molar-refractivity contribution is 0.126. The summed E-state index contributed by atoms with van der Waals surface area (Å²) in [7, 11) is 0. The van der Waals surface area contributed by atoms with Gasteiger partial charge in [0.2, 0.25) is 0 Å². The molecule has 2 atom stereocenters. The number of likely N-dealkylation sites (tertiary alicyclic amines) is 1. The number of H-pyrrole nitrogens is 1. The van der Waals surface area contributed by atoms with Crippen LogP contribution in [0.25, 0.3) is 10.9 Å². The monoisotopic (exact) mass is 380 g/mol. The van der Waals surface area contributed by atoms with Gasteiger partial charge in [-0.3, -0.25) is 9.69 Å². The lowest BCUT2D eigenvalue weighted by atomic mass is 9.65. The Morgan fingerprint density at radius 1 is 1.21 bits per heavy atom. The topological polar surface area (TPSA) is 36.1 Å². The van der Waals surface area contributed by atoms with Crippen LogP contribution in [0, 0.1) is 17.8 Å². The number of rotatable bonds is 5. The van der Waals surface area contributed by atoms with Crippen LogP contribution in [0.2, 0.25) is 0 Å². The fraction of sp³-hybridized carbons (Fsp3) is 0.640. The quantitative estimate of drug-likeness (QED) is 0.735. The van der Waals surface area contributed by atoms with E-state index >= 15 is 0 Å². The first-order chi connectivity index (χ1) is 13.2. The molecule has 3 heteroatoms. The Balaban J connectivity index is 1.66. The number of nitrogens with one attached hydrogen (secondary N) is 1. The van der Waals surface area contributed by atoms with Crippen molar-refractivity contribution in [1.82, 2.24) is 9.88 Å². The van der Waals surface area contributed by atoms with E-state index in [9.17, 15) is 4.79 Å². The summed E-state index contributed by atoms with van der Waals surface area (Å²) in [6.07, 6.45) is 7.22. The molecule has 152 valence electrons. The standard InChI is InChI=1S/C25H36N2O/c1-6-7-8-18-9-10-22-20(11-18)23(28)21(17(2)26-22)14-27-16-25(5)13-19(27)12-24(3,4)15-25/h9-11,19H,6-8,12-16H2,1-5H3,(H,26,28)/t19-,25+/m0/s1. The molecule has 1 aromatic carbocycles. The van der Waals surface area contributed by atoms with Crippen molar-refractivity contribution in [2.75, 3.05) is 6.54 Å². The summed E-state index contributed by atoms with van der Waals surface area (Å²) >= 11 is 0. The summed E-state index contributed by atoms with van der Waals surface area (Å²) in [5, 5.41) is 0.864. The molecule has 2 heterocycles. The van der Waals surface area contributed by atoms with Gasteiger partial charge in [-0.25, -0.2) is 0 Å². The van der Waals surface area contributed by atoms with Crippen LogP contribution in [0.15, 0.2) is 23.0 Å². The second-order valence-electron chi connectivity index (χ2n) is 10.7. The highest BCUT2D eigenvalue weighted by molar-refractivity contribution is 5.80. The number of hydrogen-bond acceptors (Lipinski definition) is 2. The summed E-state index contributed by atoms with van der Waals surface area (Å²) in [4.78, 5) is 19.5. The van der Waals surface area contributed by atoms with E-state index in [0.29, 0.717) is 16.9 Å². The highest BCUT2D eigenvalue weighted by Crippen LogP contribution is 2.52. The Labute approximate surface area is 169 Å². The minimum Gasteiger partial charge on any atom is -0.358 e. The van der Waals surface area contributed by atoms with Crippen molar-refractivity contribution in [3.8, 4) is 0 Å². The van der Waals surface area contributed by atoms with E-state index in [4.69, 9.17) is 0 Å². The van der Waals surface area contributed by atoms with Crippen LogP contribution in [-0.4, -0.2) is 22.5 Å². The molecule has 0 unspecified atom stereocenters. The smallest absolute Gasteiger partial charge is 0.194 e. The molecule has 0 spiro atoms. The first kappa shape index (κ1) is 19.7. The van der Waals surface area contributed by atoms with Crippen molar-refractivity contribution in [1.29, 1.82) is 0 Å². The average molecular weight is 381 g/mol. The van der Waals surface area contributed by atoms with Crippen molar-refractivity contribution < 1.29 is 0 Å². The number of unbranched alkanes of at least 4 members (excludes halogenated alkanes) is 1. The molecule has 1 aliphatic carbocycles. The van der Waals surface area contributed by atoms with Crippen LogP contribution in [0.5, 0.6) is 0 Å². The van der Waals surface area contributed by atoms with Gasteiger partial charge in [0.25, 0.3) is 0 Å². The summed E-state index contributed by atoms with van der Waals surface area (Å²) in [6.45, 7) is 13.4. The summed E-state index contributed by atoms with van der Waals surface area (Å²) < 4.78 is 0. The third kappa shape index (κ3) is 3.66. The molecule has 1 saturated heterocycles. The minimum atomic E-state index is 0.232. The number of fused-ring (bicyclic) bond motifs is 3. The highest BCUT2D eigenvalue weighted by Gasteiger charge is 2.49. The molecule has 0 amide bonds. The largest absolute Gasteiger partial charge is 0.358 e. The second-order valence-corrected chi connectivity index (χ2v) is 10.7. The maximum absolute atomic E-state index is 13.4. The maximum Gasteiger partial charge on any atom is 0.194 e. The third-order valence-corrected chi connectivity index (χ3v) is 7.08. The van der Waals surface area contributed by atoms with Crippen molar-refractivity contribution in [3.63, 3.8) is 0 Å². The number of aryl methyl sites for hydroxylation is 2. The molecule has 4 rings (SSSR count). The van der Waals surface area contributed by atoms with E-state index in [2.05, 4.69) is 62.7 Å². The summed E-state index contributed by atoms with van der Waals surface area (Å²) in [6, 6.07) is 6.99. The molecule has 28 heavy (non-hydrogen) atoms. The molecule has 2 aliphatic rings. The minimum absolute atomic E-state index is 0.232. The molecule has 1 aliphatic heterocycles. The van der Waals surface area contributed by atoms with Crippen LogP contribution in [0.3, 0.4) is 0 Å². The Kier molecular flexibility index (Phi) is 4.94. The van der Waals surface area contributed by atoms with Crippen LogP contribution < -0.4 is 5.43 Å². The zero-order chi connectivity index (χ0) is 20.1. The number of aromatic amines is 1. The van der Waals surface area contributed by atoms with Gasteiger partial charge in [-0.05, 0) is 67.6 Å². The second kappa shape index (κ2) is 7.02. The van der Waals surface area contributed by atoms with Gasteiger partial charge in [0, 0.05) is 41.3 Å². The van der Waals surface area contributed by atoms with Crippen molar-refractivity contribution in [3.05, 3.63) is 45.2 Å². The number of benzene rings is 1. The molecular formula is C25H36N2O. The lowest BCUT2D eigenvalue weighted by Crippen LogP contribution is -2.35. The fourth-order valence-corrected chi connectivity index (χ4v) is 6.19. The predicted molar refractivity (Wildman–Crippen MR) is 118 cm³/mol. The van der Waals surface area contributed by atoms with E-state index < -0.39 is 0 Å². The van der Waals surface area contributed by atoms with E-state index in [1.807, 2.05) is 0 Å². The van der Waals surface area contributed by atoms with E-state index in [0.717, 1.165) is 41.7 Å². The van der Waals surface area contributed by atoms with E-state index in [1.54, 1.807) is 0 Å². The van der Waals surface area contributed by atoms with Gasteiger partial charge in [-0.2, -0.15) is 0 Å². The van der Waals surface area contributed by atoms with Crippen LogP contribution in [0.4, 0.5) is 0 Å². The summed E-state index contributed by atoms with van der Waals surface area (Å²) in [5.74, 6) is 0. The Hall–Kier alpha value is -1.61. The molecule has 1 aromatic heterocycles. The molecular weight excluding hydrogens is 344 g/mol. The van der Waals surface area contributed by atoms with E-state index in [-0.39, 0.29) is 5.43 Å². The first-order valence-corrected chi connectivity index (χ1v) is 11.1. The van der Waals surface area contributed by atoms with Gasteiger partial charge >= 0.3 is 0 Å². The number of pyridine rings is 1. The van der Waals surface area contributed by atoms with E-state index in [1.165, 1.54) is 37.7 Å². The fourth-order valence-electron chi connectivity index (χ4n) is 6.19. The third-order valence-electron chi connectivity index (χ3n) is 7.08. The van der Waals surface area contributed by atoms with Crippen molar-refractivity contribution in [2.45, 2.75) is 85.7 Å². The zero-order valence-corrected chi connectivity index (χ0v) is 18.3. The van der Waals surface area contributed by atoms with Crippen LogP contribution in [0.1, 0.15) is 76.6 Å². The SMILES string of the molecule is CCCCc1ccc2[nH]c(C)c(CN3C[C@]4(C)C[C@@H]3CC(C)(C)C4)c(=O)c2c1. The molecule has 2 aromatic rings. The molecule has 2 fully saturated rings. The Morgan fingerprint density at radius 3 is 2.75 bits per heavy atom. The van der Waals surface area contributed by atoms with Gasteiger partial charge < -0.3 is 4.98 Å². The first-order valence-electron chi connectivity index (χ1n) is 11.1. The van der Waals surface area contributed by atoms with Crippen molar-refractivity contribution in [2.24, 2.45) is 10.8 Å². The lowest BCUT2D eigenvalue weighted by Gasteiger charge is -2.40. The van der Waals surface area contributed by atoms with Crippen LogP contribution in [-0.2, 0) is 13.0 Å². The molecule has 2 bridgehead atoms. The average Bonchev–Trinajstić information content (AvgIpc) is 2.85. The molecule has 1 saturated carbocycles. The summed E-state index contributed by atoms with van der Waals surface area (Å²) in [5.41, 5.74) is 5.29. The predicted octanol–water partition coefficient (Wildman–Crippen LogP) is 5.58. The van der Waals surface area contributed by atoms with Crippen molar-refractivity contribution >= 4 is 10.9 Å². The van der Waals surface area contributed by atoms with Gasteiger partial charge in [0.1, 0.15) is 0 Å².